The van der Waals surface area contributed by atoms with Crippen molar-refractivity contribution >= 4 is 11.6 Å². The highest BCUT2D eigenvalue weighted by Gasteiger charge is 2.22. The number of halogens is 3. The van der Waals surface area contributed by atoms with Crippen molar-refractivity contribution < 1.29 is 18.0 Å². The Hall–Kier alpha value is -2.30. The molecule has 0 atom stereocenters. The zero-order valence-electron chi connectivity index (χ0n) is 10.0. The number of benzene rings is 2. The second kappa shape index (κ2) is 5.14. The predicted molar refractivity (Wildman–Crippen MR) is 65.4 cm³/mol. The van der Waals surface area contributed by atoms with Crippen LogP contribution >= 0.6 is 0 Å². The van der Waals surface area contributed by atoms with Gasteiger partial charge in [0.25, 0.3) is 5.91 Å². The fraction of sp³-hybridized carbons (Fsp3) is 0.0714. The fourth-order valence-electron chi connectivity index (χ4n) is 1.64. The summed E-state index contributed by atoms with van der Waals surface area (Å²) in [5.74, 6) is -4.82. The van der Waals surface area contributed by atoms with Crippen LogP contribution in [-0.4, -0.2) is 5.91 Å². The molecule has 0 bridgehead atoms. The number of rotatable bonds is 2. The molecule has 2 nitrogen and oxygen atoms in total. The van der Waals surface area contributed by atoms with Crippen molar-refractivity contribution in [3.8, 4) is 0 Å². The van der Waals surface area contributed by atoms with E-state index in [1.807, 2.05) is 0 Å². The lowest BCUT2D eigenvalue weighted by atomic mass is 10.1. The summed E-state index contributed by atoms with van der Waals surface area (Å²) in [5, 5.41) is 2.30. The lowest BCUT2D eigenvalue weighted by Gasteiger charge is -2.08. The second-order valence-corrected chi connectivity index (χ2v) is 4.00. The van der Waals surface area contributed by atoms with E-state index in [4.69, 9.17) is 0 Å². The smallest absolute Gasteiger partial charge is 0.261 e. The molecular weight excluding hydrogens is 255 g/mol. The summed E-state index contributed by atoms with van der Waals surface area (Å²) in [5.41, 5.74) is -0.745. The minimum Gasteiger partial charge on any atom is -0.322 e. The number of nitrogens with one attached hydrogen (secondary N) is 1. The number of aryl methyl sites for hydroxylation is 1. The van der Waals surface area contributed by atoms with E-state index in [0.717, 1.165) is 6.07 Å². The minimum absolute atomic E-state index is 0.189. The quantitative estimate of drug-likeness (QED) is 0.825. The number of para-hydroxylation sites is 1. The van der Waals surface area contributed by atoms with Crippen LogP contribution in [0.3, 0.4) is 0 Å². The van der Waals surface area contributed by atoms with Gasteiger partial charge in [-0.15, -0.1) is 0 Å². The topological polar surface area (TPSA) is 29.1 Å². The van der Waals surface area contributed by atoms with Gasteiger partial charge in [-0.05, 0) is 30.7 Å². The highest BCUT2D eigenvalue weighted by Crippen LogP contribution is 2.20. The summed E-state index contributed by atoms with van der Waals surface area (Å²) in [6.07, 6.45) is 0. The summed E-state index contributed by atoms with van der Waals surface area (Å²) < 4.78 is 40.5. The third-order valence-electron chi connectivity index (χ3n) is 2.60. The van der Waals surface area contributed by atoms with E-state index < -0.39 is 28.9 Å². The SMILES string of the molecule is Cc1cc(F)c(C(=O)Nc2ccccc2)c(F)c1F. The first-order valence-electron chi connectivity index (χ1n) is 5.51. The molecule has 1 N–H and O–H groups in total. The average Bonchev–Trinajstić information content (AvgIpc) is 2.37. The van der Waals surface area contributed by atoms with E-state index in [-0.39, 0.29) is 5.56 Å². The van der Waals surface area contributed by atoms with Crippen molar-refractivity contribution in [1.82, 2.24) is 0 Å². The van der Waals surface area contributed by atoms with Gasteiger partial charge in [0.1, 0.15) is 11.4 Å². The molecule has 0 aromatic heterocycles. The van der Waals surface area contributed by atoms with Gasteiger partial charge in [-0.3, -0.25) is 4.79 Å². The molecule has 0 radical (unpaired) electrons. The maximum atomic E-state index is 13.6. The summed E-state index contributed by atoms with van der Waals surface area (Å²) in [6, 6.07) is 8.92. The Morgan fingerprint density at radius 1 is 1.05 bits per heavy atom. The summed E-state index contributed by atoms with van der Waals surface area (Å²) in [7, 11) is 0. The summed E-state index contributed by atoms with van der Waals surface area (Å²) in [6.45, 7) is 1.22. The zero-order valence-corrected chi connectivity index (χ0v) is 10.0. The number of anilines is 1. The molecule has 19 heavy (non-hydrogen) atoms. The van der Waals surface area contributed by atoms with Crippen molar-refractivity contribution in [1.29, 1.82) is 0 Å². The number of carbonyl (C=O) groups is 1. The zero-order chi connectivity index (χ0) is 14.0. The van der Waals surface area contributed by atoms with E-state index in [2.05, 4.69) is 5.32 Å². The number of hydrogen-bond donors (Lipinski definition) is 1. The Kier molecular flexibility index (Phi) is 3.55. The van der Waals surface area contributed by atoms with Crippen molar-refractivity contribution in [2.24, 2.45) is 0 Å². The van der Waals surface area contributed by atoms with Crippen molar-refractivity contribution in [3.05, 3.63) is 65.0 Å². The molecule has 0 aliphatic rings. The fourth-order valence-corrected chi connectivity index (χ4v) is 1.64. The van der Waals surface area contributed by atoms with Crippen LogP contribution in [-0.2, 0) is 0 Å². The largest absolute Gasteiger partial charge is 0.322 e. The van der Waals surface area contributed by atoms with Crippen LogP contribution in [0.15, 0.2) is 36.4 Å². The average molecular weight is 265 g/mol. The molecule has 0 fully saturated rings. The van der Waals surface area contributed by atoms with E-state index in [1.54, 1.807) is 30.3 Å². The van der Waals surface area contributed by atoms with Gasteiger partial charge in [-0.1, -0.05) is 18.2 Å². The van der Waals surface area contributed by atoms with Gasteiger partial charge >= 0.3 is 0 Å². The van der Waals surface area contributed by atoms with E-state index in [9.17, 15) is 18.0 Å². The maximum absolute atomic E-state index is 13.6. The van der Waals surface area contributed by atoms with Crippen molar-refractivity contribution in [2.45, 2.75) is 6.92 Å². The molecule has 0 aliphatic carbocycles. The minimum atomic E-state index is -1.48. The molecule has 1 amide bonds. The highest BCUT2D eigenvalue weighted by atomic mass is 19.2. The van der Waals surface area contributed by atoms with E-state index >= 15 is 0 Å². The maximum Gasteiger partial charge on any atom is 0.261 e. The number of carbonyl (C=O) groups excluding carboxylic acids is 1. The highest BCUT2D eigenvalue weighted by molar-refractivity contribution is 6.04. The lowest BCUT2D eigenvalue weighted by Crippen LogP contribution is -2.17. The normalized spacial score (nSPS) is 10.3. The van der Waals surface area contributed by atoms with Crippen molar-refractivity contribution in [3.63, 3.8) is 0 Å². The third-order valence-corrected chi connectivity index (χ3v) is 2.60. The molecule has 98 valence electrons. The van der Waals surface area contributed by atoms with E-state index in [0.29, 0.717) is 5.69 Å². The predicted octanol–water partition coefficient (Wildman–Crippen LogP) is 3.66. The van der Waals surface area contributed by atoms with Crippen LogP contribution < -0.4 is 5.32 Å². The van der Waals surface area contributed by atoms with Gasteiger partial charge in [0.15, 0.2) is 11.6 Å². The molecule has 0 aliphatic heterocycles. The Bertz CT molecular complexity index is 626. The standard InChI is InChI=1S/C14H10F3NO/c1-8-7-10(15)11(13(17)12(8)16)14(19)18-9-5-3-2-4-6-9/h2-7H,1H3,(H,18,19). The van der Waals surface area contributed by atoms with Crippen LogP contribution in [0.25, 0.3) is 0 Å². The van der Waals surface area contributed by atoms with Gasteiger partial charge in [0.2, 0.25) is 0 Å². The Labute approximate surface area is 107 Å². The molecule has 2 aromatic carbocycles. The molecule has 0 saturated carbocycles. The van der Waals surface area contributed by atoms with Crippen LogP contribution in [0.2, 0.25) is 0 Å². The van der Waals surface area contributed by atoms with Crippen LogP contribution in [0.5, 0.6) is 0 Å². The van der Waals surface area contributed by atoms with Gasteiger partial charge in [0.05, 0.1) is 0 Å². The van der Waals surface area contributed by atoms with Crippen LogP contribution in [0.1, 0.15) is 15.9 Å². The first kappa shape index (κ1) is 13.1. The molecule has 0 unspecified atom stereocenters. The van der Waals surface area contributed by atoms with Crippen molar-refractivity contribution in [2.75, 3.05) is 5.32 Å². The van der Waals surface area contributed by atoms with Crippen LogP contribution in [0, 0.1) is 24.4 Å². The first-order valence-corrected chi connectivity index (χ1v) is 5.51. The van der Waals surface area contributed by atoms with Gasteiger partial charge in [-0.2, -0.15) is 0 Å². The monoisotopic (exact) mass is 265 g/mol. The van der Waals surface area contributed by atoms with E-state index in [1.165, 1.54) is 6.92 Å². The molecule has 0 heterocycles. The summed E-state index contributed by atoms with van der Waals surface area (Å²) >= 11 is 0. The lowest BCUT2D eigenvalue weighted by molar-refractivity contribution is 0.101. The molecular formula is C14H10F3NO. The first-order chi connectivity index (χ1) is 9.00. The van der Waals surface area contributed by atoms with Gasteiger partial charge in [0, 0.05) is 5.69 Å². The van der Waals surface area contributed by atoms with Gasteiger partial charge in [-0.25, -0.2) is 13.2 Å². The number of amides is 1. The Morgan fingerprint density at radius 2 is 1.68 bits per heavy atom. The Morgan fingerprint density at radius 3 is 2.32 bits per heavy atom. The number of hydrogen-bond acceptors (Lipinski definition) is 1. The molecule has 0 spiro atoms. The third kappa shape index (κ3) is 2.59. The molecule has 5 heteroatoms. The Balaban J connectivity index is 2.37. The van der Waals surface area contributed by atoms with Gasteiger partial charge < -0.3 is 5.32 Å². The second-order valence-electron chi connectivity index (χ2n) is 4.00. The molecule has 2 rings (SSSR count). The molecule has 0 saturated heterocycles. The van der Waals surface area contributed by atoms with Crippen LogP contribution in [0.4, 0.5) is 18.9 Å². The summed E-state index contributed by atoms with van der Waals surface area (Å²) in [4.78, 5) is 11.8. The molecule has 2 aromatic rings.